The van der Waals surface area contributed by atoms with Crippen molar-refractivity contribution >= 4 is 5.91 Å². The summed E-state index contributed by atoms with van der Waals surface area (Å²) in [6, 6.07) is 17.0. The van der Waals surface area contributed by atoms with Gasteiger partial charge in [-0.2, -0.15) is 0 Å². The van der Waals surface area contributed by atoms with Crippen molar-refractivity contribution in [2.45, 2.75) is 32.9 Å². The standard InChI is InChI=1S/C21H26N2O/c1-16-11-12-19(14-17(16)2)21-22(3)15-20(24)23(21)13-7-10-18-8-5-4-6-9-18/h4-6,8-9,11-12,14,21H,7,10,13,15H2,1-3H3. The van der Waals surface area contributed by atoms with Crippen LogP contribution < -0.4 is 0 Å². The zero-order chi connectivity index (χ0) is 17.1. The molecule has 1 heterocycles. The van der Waals surface area contributed by atoms with Gasteiger partial charge >= 0.3 is 0 Å². The number of benzene rings is 2. The molecule has 0 spiro atoms. The van der Waals surface area contributed by atoms with E-state index in [0.29, 0.717) is 6.54 Å². The Morgan fingerprint density at radius 2 is 1.79 bits per heavy atom. The molecule has 1 amide bonds. The van der Waals surface area contributed by atoms with Crippen LogP contribution in [0.2, 0.25) is 0 Å². The lowest BCUT2D eigenvalue weighted by molar-refractivity contribution is -0.128. The van der Waals surface area contributed by atoms with Crippen molar-refractivity contribution in [3.8, 4) is 0 Å². The molecule has 1 aliphatic heterocycles. The largest absolute Gasteiger partial charge is 0.322 e. The molecule has 0 aromatic heterocycles. The molecule has 1 atom stereocenters. The average Bonchev–Trinajstić information content (AvgIpc) is 2.85. The van der Waals surface area contributed by atoms with Gasteiger partial charge in [0.25, 0.3) is 0 Å². The number of rotatable bonds is 5. The second kappa shape index (κ2) is 7.18. The number of hydrogen-bond acceptors (Lipinski definition) is 2. The lowest BCUT2D eigenvalue weighted by Gasteiger charge is -2.29. The van der Waals surface area contributed by atoms with Crippen LogP contribution in [0.25, 0.3) is 0 Å². The molecule has 1 unspecified atom stereocenters. The molecule has 1 fully saturated rings. The lowest BCUT2D eigenvalue weighted by atomic mass is 10.0. The summed E-state index contributed by atoms with van der Waals surface area (Å²) in [5.41, 5.74) is 5.12. The summed E-state index contributed by atoms with van der Waals surface area (Å²) >= 11 is 0. The molecule has 2 aromatic rings. The second-order valence-corrected chi connectivity index (χ2v) is 6.81. The van der Waals surface area contributed by atoms with Gasteiger partial charge in [-0.15, -0.1) is 0 Å². The van der Waals surface area contributed by atoms with Crippen molar-refractivity contribution in [1.29, 1.82) is 0 Å². The zero-order valence-corrected chi connectivity index (χ0v) is 14.8. The number of likely N-dealkylation sites (N-methyl/N-ethyl adjacent to an activating group) is 1. The van der Waals surface area contributed by atoms with Gasteiger partial charge in [-0.25, -0.2) is 0 Å². The Labute approximate surface area is 144 Å². The molecule has 0 N–H and O–H groups in total. The van der Waals surface area contributed by atoms with Gasteiger partial charge in [-0.1, -0.05) is 48.5 Å². The van der Waals surface area contributed by atoms with Gasteiger partial charge in [0.05, 0.1) is 6.54 Å². The highest BCUT2D eigenvalue weighted by Gasteiger charge is 2.36. The molecular weight excluding hydrogens is 296 g/mol. The molecule has 0 radical (unpaired) electrons. The Morgan fingerprint density at radius 3 is 2.50 bits per heavy atom. The van der Waals surface area contributed by atoms with Crippen molar-refractivity contribution in [2.75, 3.05) is 20.1 Å². The summed E-state index contributed by atoms with van der Waals surface area (Å²) in [4.78, 5) is 16.6. The normalized spacial score (nSPS) is 18.4. The van der Waals surface area contributed by atoms with E-state index in [1.54, 1.807) is 0 Å². The third-order valence-corrected chi connectivity index (χ3v) is 4.95. The number of aryl methyl sites for hydroxylation is 3. The quantitative estimate of drug-likeness (QED) is 0.838. The summed E-state index contributed by atoms with van der Waals surface area (Å²) in [6.07, 6.45) is 2.06. The Morgan fingerprint density at radius 1 is 1.04 bits per heavy atom. The van der Waals surface area contributed by atoms with Gasteiger partial charge in [-0.05, 0) is 56.0 Å². The van der Waals surface area contributed by atoms with Crippen LogP contribution in [0, 0.1) is 13.8 Å². The lowest BCUT2D eigenvalue weighted by Crippen LogP contribution is -2.32. The average molecular weight is 322 g/mol. The predicted octanol–water partition coefficient (Wildman–Crippen LogP) is 3.71. The van der Waals surface area contributed by atoms with Gasteiger partial charge in [0.15, 0.2) is 0 Å². The maximum absolute atomic E-state index is 12.4. The van der Waals surface area contributed by atoms with E-state index in [1.807, 2.05) is 18.0 Å². The number of hydrogen-bond donors (Lipinski definition) is 0. The SMILES string of the molecule is Cc1ccc(C2N(C)CC(=O)N2CCCc2ccccc2)cc1C. The maximum Gasteiger partial charge on any atom is 0.238 e. The Balaban J connectivity index is 1.72. The van der Waals surface area contributed by atoms with Crippen LogP contribution in [-0.2, 0) is 11.2 Å². The van der Waals surface area contributed by atoms with Crippen molar-refractivity contribution in [1.82, 2.24) is 9.80 Å². The highest BCUT2D eigenvalue weighted by Crippen LogP contribution is 2.30. The van der Waals surface area contributed by atoms with Crippen LogP contribution in [0.4, 0.5) is 0 Å². The molecule has 2 aromatic carbocycles. The summed E-state index contributed by atoms with van der Waals surface area (Å²) in [6.45, 7) is 5.56. The molecule has 3 heteroatoms. The van der Waals surface area contributed by atoms with Gasteiger partial charge in [0, 0.05) is 6.54 Å². The van der Waals surface area contributed by atoms with Gasteiger partial charge < -0.3 is 4.90 Å². The van der Waals surface area contributed by atoms with Crippen LogP contribution in [-0.4, -0.2) is 35.8 Å². The van der Waals surface area contributed by atoms with E-state index in [-0.39, 0.29) is 12.1 Å². The van der Waals surface area contributed by atoms with Crippen LogP contribution >= 0.6 is 0 Å². The monoisotopic (exact) mass is 322 g/mol. The topological polar surface area (TPSA) is 23.6 Å². The summed E-state index contributed by atoms with van der Waals surface area (Å²) in [5.74, 6) is 0.230. The number of carbonyl (C=O) groups excluding carboxylic acids is 1. The maximum atomic E-state index is 12.4. The van der Waals surface area contributed by atoms with Gasteiger partial charge in [0.1, 0.15) is 6.17 Å². The Kier molecular flexibility index (Phi) is 5.00. The highest BCUT2D eigenvalue weighted by molar-refractivity contribution is 5.81. The fourth-order valence-corrected chi connectivity index (χ4v) is 3.47. The molecule has 3 nitrogen and oxygen atoms in total. The smallest absolute Gasteiger partial charge is 0.238 e. The first-order chi connectivity index (χ1) is 11.6. The Bertz CT molecular complexity index is 711. The number of carbonyl (C=O) groups is 1. The van der Waals surface area contributed by atoms with Crippen molar-refractivity contribution in [3.63, 3.8) is 0 Å². The highest BCUT2D eigenvalue weighted by atomic mass is 16.2. The van der Waals surface area contributed by atoms with Gasteiger partial charge in [0.2, 0.25) is 5.91 Å². The van der Waals surface area contributed by atoms with Crippen LogP contribution in [0.15, 0.2) is 48.5 Å². The molecule has 0 bridgehead atoms. The molecule has 1 saturated heterocycles. The summed E-state index contributed by atoms with van der Waals surface area (Å²) in [5, 5.41) is 0. The first-order valence-corrected chi connectivity index (χ1v) is 8.67. The third-order valence-electron chi connectivity index (χ3n) is 4.95. The first-order valence-electron chi connectivity index (χ1n) is 8.67. The molecule has 0 saturated carbocycles. The van der Waals surface area contributed by atoms with E-state index >= 15 is 0 Å². The molecule has 0 aliphatic carbocycles. The Hall–Kier alpha value is -2.13. The fourth-order valence-electron chi connectivity index (χ4n) is 3.47. The van der Waals surface area contributed by atoms with E-state index in [2.05, 4.69) is 61.2 Å². The van der Waals surface area contributed by atoms with Crippen molar-refractivity contribution in [2.24, 2.45) is 0 Å². The molecule has 126 valence electrons. The number of nitrogens with zero attached hydrogens (tertiary/aromatic N) is 2. The second-order valence-electron chi connectivity index (χ2n) is 6.81. The van der Waals surface area contributed by atoms with Crippen molar-refractivity contribution in [3.05, 3.63) is 70.8 Å². The van der Waals surface area contributed by atoms with E-state index in [4.69, 9.17) is 0 Å². The summed E-state index contributed by atoms with van der Waals surface area (Å²) < 4.78 is 0. The predicted molar refractivity (Wildman–Crippen MR) is 97.8 cm³/mol. The van der Waals surface area contributed by atoms with E-state index in [0.717, 1.165) is 19.4 Å². The van der Waals surface area contributed by atoms with E-state index in [1.165, 1.54) is 22.3 Å². The third kappa shape index (κ3) is 3.51. The van der Waals surface area contributed by atoms with Crippen LogP contribution in [0.1, 0.15) is 34.8 Å². The van der Waals surface area contributed by atoms with E-state index in [9.17, 15) is 4.79 Å². The zero-order valence-electron chi connectivity index (χ0n) is 14.8. The summed E-state index contributed by atoms with van der Waals surface area (Å²) in [7, 11) is 2.04. The van der Waals surface area contributed by atoms with Gasteiger partial charge in [-0.3, -0.25) is 9.69 Å². The van der Waals surface area contributed by atoms with Crippen LogP contribution in [0.5, 0.6) is 0 Å². The molecular formula is C21H26N2O. The molecule has 3 rings (SSSR count). The fraction of sp³-hybridized carbons (Fsp3) is 0.381. The van der Waals surface area contributed by atoms with E-state index < -0.39 is 0 Å². The number of amides is 1. The molecule has 24 heavy (non-hydrogen) atoms. The molecule has 1 aliphatic rings. The van der Waals surface area contributed by atoms with Crippen LogP contribution in [0.3, 0.4) is 0 Å². The minimum Gasteiger partial charge on any atom is -0.322 e. The minimum absolute atomic E-state index is 0.0626. The van der Waals surface area contributed by atoms with Crippen molar-refractivity contribution < 1.29 is 4.79 Å². The minimum atomic E-state index is 0.0626. The first kappa shape index (κ1) is 16.7.